The first-order valence-electron chi connectivity index (χ1n) is 8.67. The van der Waals surface area contributed by atoms with Crippen molar-refractivity contribution in [3.8, 4) is 11.5 Å². The molecule has 2 aromatic rings. The number of rotatable bonds is 4. The smallest absolute Gasteiger partial charge is 0.222 e. The van der Waals surface area contributed by atoms with Gasteiger partial charge >= 0.3 is 0 Å². The van der Waals surface area contributed by atoms with Crippen LogP contribution in [0.1, 0.15) is 37.7 Å². The first kappa shape index (κ1) is 16.6. The molecule has 0 atom stereocenters. The molecule has 0 bridgehead atoms. The van der Waals surface area contributed by atoms with E-state index in [1.54, 1.807) is 6.20 Å². The largest absolute Gasteiger partial charge is 0.343 e. The summed E-state index contributed by atoms with van der Waals surface area (Å²) in [5.41, 5.74) is 1.85. The minimum atomic E-state index is 0.261. The molecule has 0 saturated carbocycles. The van der Waals surface area contributed by atoms with E-state index >= 15 is 0 Å². The molecule has 0 N–H and O–H groups in total. The van der Waals surface area contributed by atoms with Gasteiger partial charge in [0.2, 0.25) is 5.91 Å². The summed E-state index contributed by atoms with van der Waals surface area (Å²) in [6.45, 7) is 5.64. The maximum absolute atomic E-state index is 11.8. The Balaban J connectivity index is 1.69. The Bertz CT molecular complexity index is 716. The third kappa shape index (κ3) is 3.63. The van der Waals surface area contributed by atoms with Gasteiger partial charge in [-0.05, 0) is 31.7 Å². The molecule has 0 radical (unpaired) electrons. The molecule has 128 valence electrons. The van der Waals surface area contributed by atoms with Crippen LogP contribution in [0.3, 0.4) is 0 Å². The van der Waals surface area contributed by atoms with Gasteiger partial charge in [0.15, 0.2) is 5.82 Å². The first-order chi connectivity index (χ1) is 11.6. The van der Waals surface area contributed by atoms with Gasteiger partial charge in [0.25, 0.3) is 0 Å². The second-order valence-corrected chi connectivity index (χ2v) is 6.55. The zero-order valence-corrected chi connectivity index (χ0v) is 14.7. The van der Waals surface area contributed by atoms with E-state index in [1.165, 1.54) is 0 Å². The average Bonchev–Trinajstić information content (AvgIpc) is 3.00. The molecule has 1 aliphatic heterocycles. The van der Waals surface area contributed by atoms with Gasteiger partial charge in [-0.25, -0.2) is 15.0 Å². The molecule has 3 heterocycles. The van der Waals surface area contributed by atoms with Gasteiger partial charge in [0, 0.05) is 51.1 Å². The minimum Gasteiger partial charge on any atom is -0.343 e. The zero-order valence-electron chi connectivity index (χ0n) is 14.7. The standard InChI is InChI=1S/C18H25N5O/c1-4-17(24)23-8-5-14(6-9-23)12-16-20-13(2)11-15(21-16)18-19-7-10-22(18)3/h7,10-11,14H,4-6,8-9,12H2,1-3H3. The first-order valence-corrected chi connectivity index (χ1v) is 8.67. The van der Waals surface area contributed by atoms with Crippen LogP contribution in [0.4, 0.5) is 0 Å². The van der Waals surface area contributed by atoms with Crippen LogP contribution >= 0.6 is 0 Å². The molecular formula is C18H25N5O. The van der Waals surface area contributed by atoms with E-state index in [-0.39, 0.29) is 5.91 Å². The number of amides is 1. The number of likely N-dealkylation sites (tertiary alicyclic amines) is 1. The Morgan fingerprint density at radius 3 is 2.67 bits per heavy atom. The number of carbonyl (C=O) groups is 1. The Morgan fingerprint density at radius 2 is 2.04 bits per heavy atom. The molecular weight excluding hydrogens is 302 g/mol. The fourth-order valence-electron chi connectivity index (χ4n) is 3.32. The number of carbonyl (C=O) groups excluding carboxylic acids is 1. The lowest BCUT2D eigenvalue weighted by atomic mass is 9.93. The quantitative estimate of drug-likeness (QED) is 0.865. The van der Waals surface area contributed by atoms with Crippen LogP contribution in [-0.2, 0) is 18.3 Å². The molecule has 1 saturated heterocycles. The molecule has 3 rings (SSSR count). The Hall–Kier alpha value is -2.24. The summed E-state index contributed by atoms with van der Waals surface area (Å²) in [5.74, 6) is 2.55. The molecule has 0 spiro atoms. The summed E-state index contributed by atoms with van der Waals surface area (Å²) in [5, 5.41) is 0. The van der Waals surface area contributed by atoms with E-state index in [0.29, 0.717) is 12.3 Å². The number of aryl methyl sites for hydroxylation is 2. The topological polar surface area (TPSA) is 63.9 Å². The van der Waals surface area contributed by atoms with Crippen molar-refractivity contribution in [2.75, 3.05) is 13.1 Å². The van der Waals surface area contributed by atoms with Gasteiger partial charge in [0.05, 0.1) is 0 Å². The van der Waals surface area contributed by atoms with Crippen LogP contribution in [0.25, 0.3) is 11.5 Å². The monoisotopic (exact) mass is 327 g/mol. The summed E-state index contributed by atoms with van der Waals surface area (Å²) in [7, 11) is 1.97. The fourth-order valence-corrected chi connectivity index (χ4v) is 3.32. The summed E-state index contributed by atoms with van der Waals surface area (Å²) >= 11 is 0. The van der Waals surface area contributed by atoms with Gasteiger partial charge in [0.1, 0.15) is 11.5 Å². The molecule has 6 nitrogen and oxygen atoms in total. The SMILES string of the molecule is CCC(=O)N1CCC(Cc2nc(C)cc(-c3nccn3C)n2)CC1. The molecule has 24 heavy (non-hydrogen) atoms. The minimum absolute atomic E-state index is 0.261. The van der Waals surface area contributed by atoms with Crippen LogP contribution in [0, 0.1) is 12.8 Å². The maximum Gasteiger partial charge on any atom is 0.222 e. The number of hydrogen-bond donors (Lipinski definition) is 0. The highest BCUT2D eigenvalue weighted by Crippen LogP contribution is 2.22. The van der Waals surface area contributed by atoms with Crippen LogP contribution in [0.15, 0.2) is 18.5 Å². The molecule has 0 aliphatic carbocycles. The summed E-state index contributed by atoms with van der Waals surface area (Å²) in [4.78, 5) is 27.5. The Kier molecular flexibility index (Phi) is 4.92. The van der Waals surface area contributed by atoms with Crippen LogP contribution in [0.2, 0.25) is 0 Å². The predicted octanol–water partition coefficient (Wildman–Crippen LogP) is 2.38. The number of nitrogens with zero attached hydrogens (tertiary/aromatic N) is 5. The van der Waals surface area contributed by atoms with Gasteiger partial charge < -0.3 is 9.47 Å². The van der Waals surface area contributed by atoms with Gasteiger partial charge in [-0.3, -0.25) is 4.79 Å². The van der Waals surface area contributed by atoms with E-state index in [9.17, 15) is 4.79 Å². The molecule has 1 amide bonds. The lowest BCUT2D eigenvalue weighted by molar-refractivity contribution is -0.132. The van der Waals surface area contributed by atoms with Crippen LogP contribution in [0.5, 0.6) is 0 Å². The lowest BCUT2D eigenvalue weighted by Gasteiger charge is -2.31. The highest BCUT2D eigenvalue weighted by atomic mass is 16.2. The molecule has 6 heteroatoms. The zero-order chi connectivity index (χ0) is 17.1. The molecule has 0 unspecified atom stereocenters. The third-order valence-electron chi connectivity index (χ3n) is 4.69. The highest BCUT2D eigenvalue weighted by molar-refractivity contribution is 5.75. The second-order valence-electron chi connectivity index (χ2n) is 6.55. The van der Waals surface area contributed by atoms with E-state index in [2.05, 4.69) is 9.97 Å². The van der Waals surface area contributed by atoms with Crippen molar-refractivity contribution in [3.63, 3.8) is 0 Å². The average molecular weight is 327 g/mol. The van der Waals surface area contributed by atoms with Crippen molar-refractivity contribution < 1.29 is 4.79 Å². The van der Waals surface area contributed by atoms with Crippen molar-refractivity contribution >= 4 is 5.91 Å². The molecule has 1 aliphatic rings. The van der Waals surface area contributed by atoms with Crippen LogP contribution in [-0.4, -0.2) is 43.4 Å². The molecule has 1 fully saturated rings. The van der Waals surface area contributed by atoms with Crippen molar-refractivity contribution in [2.45, 2.75) is 39.5 Å². The normalized spacial score (nSPS) is 15.7. The lowest BCUT2D eigenvalue weighted by Crippen LogP contribution is -2.38. The number of aromatic nitrogens is 4. The van der Waals surface area contributed by atoms with Crippen LogP contribution < -0.4 is 0 Å². The van der Waals surface area contributed by atoms with Gasteiger partial charge in [-0.1, -0.05) is 6.92 Å². The number of piperidine rings is 1. The van der Waals surface area contributed by atoms with Gasteiger partial charge in [-0.15, -0.1) is 0 Å². The predicted molar refractivity (Wildman–Crippen MR) is 92.3 cm³/mol. The fraction of sp³-hybridized carbons (Fsp3) is 0.556. The second kappa shape index (κ2) is 7.11. The molecule has 2 aromatic heterocycles. The number of imidazole rings is 1. The highest BCUT2D eigenvalue weighted by Gasteiger charge is 2.23. The summed E-state index contributed by atoms with van der Waals surface area (Å²) in [6.07, 6.45) is 7.23. The Morgan fingerprint density at radius 1 is 1.29 bits per heavy atom. The van der Waals surface area contributed by atoms with E-state index in [0.717, 1.165) is 55.4 Å². The third-order valence-corrected chi connectivity index (χ3v) is 4.69. The number of hydrogen-bond acceptors (Lipinski definition) is 4. The van der Waals surface area contributed by atoms with Crippen molar-refractivity contribution in [1.82, 2.24) is 24.4 Å². The van der Waals surface area contributed by atoms with Crippen molar-refractivity contribution in [2.24, 2.45) is 13.0 Å². The summed E-state index contributed by atoms with van der Waals surface area (Å²) < 4.78 is 1.97. The van der Waals surface area contributed by atoms with E-state index < -0.39 is 0 Å². The Labute approximate surface area is 142 Å². The van der Waals surface area contributed by atoms with Crippen molar-refractivity contribution in [1.29, 1.82) is 0 Å². The summed E-state index contributed by atoms with van der Waals surface area (Å²) in [6, 6.07) is 1.98. The van der Waals surface area contributed by atoms with E-state index in [1.807, 2.05) is 42.6 Å². The van der Waals surface area contributed by atoms with E-state index in [4.69, 9.17) is 4.98 Å². The maximum atomic E-state index is 11.8. The van der Waals surface area contributed by atoms with Crippen molar-refractivity contribution in [3.05, 3.63) is 30.0 Å². The van der Waals surface area contributed by atoms with Gasteiger partial charge in [-0.2, -0.15) is 0 Å². The molecule has 0 aromatic carbocycles.